The highest BCUT2D eigenvalue weighted by molar-refractivity contribution is 9.11. The Morgan fingerprint density at radius 2 is 1.88 bits per heavy atom. The summed E-state index contributed by atoms with van der Waals surface area (Å²) in [6, 6.07) is 10.1. The van der Waals surface area contributed by atoms with Crippen molar-refractivity contribution in [3.8, 4) is 0 Å². The van der Waals surface area contributed by atoms with Crippen LogP contribution in [0.1, 0.15) is 15.3 Å². The van der Waals surface area contributed by atoms with Gasteiger partial charge in [0, 0.05) is 9.35 Å². The molecule has 1 atom stereocenters. The second kappa shape index (κ2) is 5.53. The van der Waals surface area contributed by atoms with Crippen molar-refractivity contribution in [3.05, 3.63) is 54.1 Å². The van der Waals surface area contributed by atoms with Crippen LogP contribution in [0.25, 0.3) is 0 Å². The highest BCUT2D eigenvalue weighted by Crippen LogP contribution is 2.41. The summed E-state index contributed by atoms with van der Waals surface area (Å²) in [6.45, 7) is 0. The maximum atomic E-state index is 6.26. The third kappa shape index (κ3) is 2.72. The number of hydrogen-bond acceptors (Lipinski definition) is 1. The van der Waals surface area contributed by atoms with E-state index in [0.29, 0.717) is 0 Å². The Bertz CT molecular complexity index is 510. The number of halogens is 4. The van der Waals surface area contributed by atoms with Crippen molar-refractivity contribution in [2.45, 2.75) is 4.83 Å². The molecule has 1 aromatic heterocycles. The summed E-state index contributed by atoms with van der Waals surface area (Å²) in [5, 5.41) is 0.758. The summed E-state index contributed by atoms with van der Waals surface area (Å²) >= 11 is 18.5. The lowest BCUT2D eigenvalue weighted by Gasteiger charge is -2.11. The van der Waals surface area contributed by atoms with E-state index in [1.807, 2.05) is 24.3 Å². The van der Waals surface area contributed by atoms with E-state index in [1.165, 1.54) is 4.88 Å². The van der Waals surface area contributed by atoms with Crippen molar-refractivity contribution in [1.29, 1.82) is 0 Å². The van der Waals surface area contributed by atoms with Gasteiger partial charge in [-0.3, -0.25) is 0 Å². The summed E-state index contributed by atoms with van der Waals surface area (Å²) in [7, 11) is 0. The molecule has 0 saturated heterocycles. The lowest BCUT2D eigenvalue weighted by Crippen LogP contribution is -1.91. The fraction of sp³-hybridized carbons (Fsp3) is 0.0909. The van der Waals surface area contributed by atoms with Crippen LogP contribution in [0.3, 0.4) is 0 Å². The predicted octanol–water partition coefficient (Wildman–Crippen LogP) is 6.41. The largest absolute Gasteiger partial charge is 0.132 e. The first-order valence-electron chi connectivity index (χ1n) is 4.43. The van der Waals surface area contributed by atoms with Gasteiger partial charge >= 0.3 is 0 Å². The highest BCUT2D eigenvalue weighted by atomic mass is 79.9. The third-order valence-corrected chi connectivity index (χ3v) is 6.39. The van der Waals surface area contributed by atoms with Crippen LogP contribution in [-0.2, 0) is 0 Å². The smallest absolute Gasteiger partial charge is 0.0753 e. The Morgan fingerprint density at radius 1 is 1.12 bits per heavy atom. The molecular formula is C11H6Br3ClS. The molecule has 5 heteroatoms. The Kier molecular flexibility index (Phi) is 4.52. The molecule has 0 spiro atoms. The molecule has 0 aliphatic carbocycles. The Morgan fingerprint density at radius 3 is 2.50 bits per heavy atom. The maximum Gasteiger partial charge on any atom is 0.0753 e. The first-order valence-corrected chi connectivity index (χ1v) is 8.12. The summed E-state index contributed by atoms with van der Waals surface area (Å²) in [4.78, 5) is 1.36. The molecule has 0 aliphatic heterocycles. The normalized spacial score (nSPS) is 12.8. The summed E-state index contributed by atoms with van der Waals surface area (Å²) in [5.74, 6) is 0. The minimum Gasteiger partial charge on any atom is -0.132 e. The molecule has 84 valence electrons. The molecule has 0 N–H and O–H groups in total. The van der Waals surface area contributed by atoms with Gasteiger partial charge in [0.05, 0.1) is 13.6 Å². The Balaban J connectivity index is 2.41. The number of hydrogen-bond donors (Lipinski definition) is 0. The van der Waals surface area contributed by atoms with Crippen molar-refractivity contribution in [3.63, 3.8) is 0 Å². The molecule has 0 bridgehead atoms. The molecule has 1 unspecified atom stereocenters. The average Bonchev–Trinajstić information content (AvgIpc) is 2.68. The number of rotatable bonds is 2. The van der Waals surface area contributed by atoms with Crippen molar-refractivity contribution in [2.75, 3.05) is 0 Å². The number of benzene rings is 1. The van der Waals surface area contributed by atoms with E-state index in [9.17, 15) is 0 Å². The zero-order chi connectivity index (χ0) is 11.7. The van der Waals surface area contributed by atoms with Gasteiger partial charge in [-0.1, -0.05) is 39.7 Å². The molecule has 0 saturated carbocycles. The van der Waals surface area contributed by atoms with Gasteiger partial charge in [0.1, 0.15) is 0 Å². The summed E-state index contributed by atoms with van der Waals surface area (Å²) < 4.78 is 2.05. The zero-order valence-corrected chi connectivity index (χ0v) is 14.2. The van der Waals surface area contributed by atoms with Crippen LogP contribution in [0.15, 0.2) is 38.6 Å². The second-order valence-corrected chi connectivity index (χ2v) is 7.79. The topological polar surface area (TPSA) is 0 Å². The molecule has 0 fully saturated rings. The van der Waals surface area contributed by atoms with E-state index < -0.39 is 0 Å². The molecule has 0 radical (unpaired) electrons. The molecular weight excluding hydrogens is 439 g/mol. The van der Waals surface area contributed by atoms with Gasteiger partial charge in [0.2, 0.25) is 0 Å². The molecule has 0 nitrogen and oxygen atoms in total. The molecule has 1 heterocycles. The third-order valence-electron chi connectivity index (χ3n) is 2.10. The van der Waals surface area contributed by atoms with Crippen molar-refractivity contribution in [1.82, 2.24) is 0 Å². The van der Waals surface area contributed by atoms with E-state index in [-0.39, 0.29) is 4.83 Å². The van der Waals surface area contributed by atoms with Crippen LogP contribution in [0.4, 0.5) is 0 Å². The van der Waals surface area contributed by atoms with Gasteiger partial charge in [-0.05, 0) is 55.6 Å². The van der Waals surface area contributed by atoms with Crippen LogP contribution in [0.5, 0.6) is 0 Å². The van der Waals surface area contributed by atoms with Crippen molar-refractivity contribution < 1.29 is 0 Å². The summed E-state index contributed by atoms with van der Waals surface area (Å²) in [5.41, 5.74) is 1.07. The van der Waals surface area contributed by atoms with Crippen molar-refractivity contribution in [2.24, 2.45) is 0 Å². The van der Waals surface area contributed by atoms with E-state index >= 15 is 0 Å². The lowest BCUT2D eigenvalue weighted by atomic mass is 10.1. The van der Waals surface area contributed by atoms with E-state index in [4.69, 9.17) is 11.6 Å². The minimum absolute atomic E-state index is 0.133. The van der Waals surface area contributed by atoms with Gasteiger partial charge < -0.3 is 0 Å². The molecule has 2 aromatic rings. The van der Waals surface area contributed by atoms with E-state index in [0.717, 1.165) is 18.8 Å². The zero-order valence-electron chi connectivity index (χ0n) is 7.88. The molecule has 1 aromatic carbocycles. The SMILES string of the molecule is Clc1c(Br)cccc1C(Br)c1ccc(Br)s1. The fourth-order valence-corrected chi connectivity index (χ4v) is 4.32. The first kappa shape index (κ1) is 13.1. The maximum absolute atomic E-state index is 6.26. The van der Waals surface area contributed by atoms with E-state index in [2.05, 4.69) is 53.9 Å². The van der Waals surface area contributed by atoms with Crippen molar-refractivity contribution >= 4 is 70.7 Å². The van der Waals surface area contributed by atoms with Crippen LogP contribution in [-0.4, -0.2) is 0 Å². The molecule has 2 rings (SSSR count). The van der Waals surface area contributed by atoms with Gasteiger partial charge in [0.25, 0.3) is 0 Å². The monoisotopic (exact) mass is 442 g/mol. The van der Waals surface area contributed by atoms with Crippen LogP contribution in [0, 0.1) is 0 Å². The second-order valence-electron chi connectivity index (χ2n) is 3.15. The molecule has 0 aliphatic rings. The Hall–Kier alpha value is 0.650. The molecule has 16 heavy (non-hydrogen) atoms. The van der Waals surface area contributed by atoms with Gasteiger partial charge in [-0.2, -0.15) is 0 Å². The van der Waals surface area contributed by atoms with Gasteiger partial charge in [0.15, 0.2) is 0 Å². The predicted molar refractivity (Wildman–Crippen MR) is 81.9 cm³/mol. The number of thiophene rings is 1. The van der Waals surface area contributed by atoms with Crippen LogP contribution in [0.2, 0.25) is 5.02 Å². The summed E-state index contributed by atoms with van der Waals surface area (Å²) in [6.07, 6.45) is 0. The van der Waals surface area contributed by atoms with Crippen LogP contribution >= 0.6 is 70.7 Å². The fourth-order valence-electron chi connectivity index (χ4n) is 1.33. The highest BCUT2D eigenvalue weighted by Gasteiger charge is 2.16. The average molecular weight is 445 g/mol. The minimum atomic E-state index is 0.133. The van der Waals surface area contributed by atoms with Crippen LogP contribution < -0.4 is 0 Å². The number of alkyl halides is 1. The van der Waals surface area contributed by atoms with E-state index in [1.54, 1.807) is 11.3 Å². The first-order chi connectivity index (χ1) is 7.59. The quantitative estimate of drug-likeness (QED) is 0.469. The molecule has 0 amide bonds. The lowest BCUT2D eigenvalue weighted by molar-refractivity contribution is 1.22. The standard InChI is InChI=1S/C11H6Br3ClS/c12-7-3-1-2-6(11(7)15)10(14)8-4-5-9(13)16-8/h1-5,10H. The van der Waals surface area contributed by atoms with Gasteiger partial charge in [-0.15, -0.1) is 11.3 Å². The Labute approximate surface area is 128 Å². The van der Waals surface area contributed by atoms with Gasteiger partial charge in [-0.25, -0.2) is 0 Å².